The van der Waals surface area contributed by atoms with Crippen LogP contribution >= 0.6 is 0 Å². The van der Waals surface area contributed by atoms with Crippen molar-refractivity contribution < 1.29 is 9.84 Å². The lowest BCUT2D eigenvalue weighted by molar-refractivity contribution is 0.00140. The second-order valence-corrected chi connectivity index (χ2v) is 6.02. The molecule has 0 aliphatic heterocycles. The van der Waals surface area contributed by atoms with Gasteiger partial charge in [0.25, 0.3) is 0 Å². The molecule has 0 heterocycles. The fourth-order valence-electron chi connectivity index (χ4n) is 2.65. The zero-order valence-corrected chi connectivity index (χ0v) is 11.4. The van der Waals surface area contributed by atoms with Crippen molar-refractivity contribution >= 4 is 0 Å². The SMILES string of the molecule is OC1(COc2ccc(CNC3CC3)cc2)CCCC1. The van der Waals surface area contributed by atoms with Gasteiger partial charge in [-0.05, 0) is 43.4 Å². The first kappa shape index (κ1) is 12.9. The molecule has 1 aromatic rings. The van der Waals surface area contributed by atoms with Gasteiger partial charge < -0.3 is 15.2 Å². The molecule has 0 saturated heterocycles. The number of benzene rings is 1. The van der Waals surface area contributed by atoms with Crippen molar-refractivity contribution in [3.8, 4) is 5.75 Å². The van der Waals surface area contributed by atoms with Gasteiger partial charge in [-0.2, -0.15) is 0 Å². The van der Waals surface area contributed by atoms with Gasteiger partial charge in [0.2, 0.25) is 0 Å². The molecule has 2 aliphatic rings. The van der Waals surface area contributed by atoms with Crippen LogP contribution in [0.15, 0.2) is 24.3 Å². The lowest BCUT2D eigenvalue weighted by atomic mass is 10.0. The number of hydrogen-bond donors (Lipinski definition) is 2. The Morgan fingerprint density at radius 2 is 1.84 bits per heavy atom. The van der Waals surface area contributed by atoms with E-state index in [2.05, 4.69) is 17.4 Å². The zero-order valence-electron chi connectivity index (χ0n) is 11.4. The van der Waals surface area contributed by atoms with Crippen LogP contribution in [0.4, 0.5) is 0 Å². The molecule has 2 aliphatic carbocycles. The summed E-state index contributed by atoms with van der Waals surface area (Å²) in [5.41, 5.74) is 0.700. The molecule has 1 aromatic carbocycles. The zero-order chi connectivity index (χ0) is 13.1. The van der Waals surface area contributed by atoms with Gasteiger partial charge in [0.1, 0.15) is 12.4 Å². The lowest BCUT2D eigenvalue weighted by Gasteiger charge is -2.22. The summed E-state index contributed by atoms with van der Waals surface area (Å²) in [6, 6.07) is 8.95. The lowest BCUT2D eigenvalue weighted by Crippen LogP contribution is -2.32. The highest BCUT2D eigenvalue weighted by Gasteiger charge is 2.31. The second-order valence-electron chi connectivity index (χ2n) is 6.02. The average Bonchev–Trinajstić information content (AvgIpc) is 3.17. The Labute approximate surface area is 115 Å². The minimum Gasteiger partial charge on any atom is -0.491 e. The van der Waals surface area contributed by atoms with E-state index in [1.165, 1.54) is 18.4 Å². The number of hydrogen-bond acceptors (Lipinski definition) is 3. The average molecular weight is 261 g/mol. The Bertz CT molecular complexity index is 405. The maximum absolute atomic E-state index is 10.2. The molecule has 0 atom stereocenters. The van der Waals surface area contributed by atoms with Crippen LogP contribution < -0.4 is 10.1 Å². The van der Waals surface area contributed by atoms with E-state index in [0.29, 0.717) is 6.61 Å². The van der Waals surface area contributed by atoms with Gasteiger partial charge in [-0.25, -0.2) is 0 Å². The van der Waals surface area contributed by atoms with Crippen LogP contribution in [0, 0.1) is 0 Å². The molecule has 104 valence electrons. The Hall–Kier alpha value is -1.06. The molecular formula is C16H23NO2. The van der Waals surface area contributed by atoms with E-state index in [0.717, 1.165) is 44.0 Å². The molecule has 0 spiro atoms. The molecule has 19 heavy (non-hydrogen) atoms. The quantitative estimate of drug-likeness (QED) is 0.827. The summed E-state index contributed by atoms with van der Waals surface area (Å²) in [5.74, 6) is 0.857. The summed E-state index contributed by atoms with van der Waals surface area (Å²) in [4.78, 5) is 0. The van der Waals surface area contributed by atoms with E-state index in [9.17, 15) is 5.11 Å². The monoisotopic (exact) mass is 261 g/mol. The molecule has 0 unspecified atom stereocenters. The molecule has 0 radical (unpaired) electrons. The van der Waals surface area contributed by atoms with E-state index >= 15 is 0 Å². The van der Waals surface area contributed by atoms with Crippen molar-refractivity contribution in [2.45, 2.75) is 56.7 Å². The molecule has 3 rings (SSSR count). The van der Waals surface area contributed by atoms with Gasteiger partial charge in [0, 0.05) is 12.6 Å². The van der Waals surface area contributed by atoms with Gasteiger partial charge in [0.15, 0.2) is 0 Å². The highest BCUT2D eigenvalue weighted by molar-refractivity contribution is 5.27. The molecule has 0 aromatic heterocycles. The molecular weight excluding hydrogens is 238 g/mol. The third-order valence-corrected chi connectivity index (χ3v) is 4.14. The molecule has 2 N–H and O–H groups in total. The van der Waals surface area contributed by atoms with Gasteiger partial charge in [-0.15, -0.1) is 0 Å². The van der Waals surface area contributed by atoms with Gasteiger partial charge >= 0.3 is 0 Å². The van der Waals surface area contributed by atoms with Crippen molar-refractivity contribution in [3.63, 3.8) is 0 Å². The Kier molecular flexibility index (Phi) is 3.76. The van der Waals surface area contributed by atoms with E-state index in [4.69, 9.17) is 4.74 Å². The van der Waals surface area contributed by atoms with E-state index < -0.39 is 5.60 Å². The van der Waals surface area contributed by atoms with E-state index in [1.807, 2.05) is 12.1 Å². The smallest absolute Gasteiger partial charge is 0.119 e. The maximum Gasteiger partial charge on any atom is 0.119 e. The van der Waals surface area contributed by atoms with Gasteiger partial charge in [-0.3, -0.25) is 0 Å². The highest BCUT2D eigenvalue weighted by Crippen LogP contribution is 2.30. The number of aliphatic hydroxyl groups is 1. The van der Waals surface area contributed by atoms with Crippen LogP contribution in [-0.4, -0.2) is 23.4 Å². The maximum atomic E-state index is 10.2. The van der Waals surface area contributed by atoms with Crippen LogP contribution in [0.2, 0.25) is 0 Å². The molecule has 2 fully saturated rings. The minimum absolute atomic E-state index is 0.423. The van der Waals surface area contributed by atoms with Crippen molar-refractivity contribution in [2.75, 3.05) is 6.61 Å². The molecule has 0 amide bonds. The van der Waals surface area contributed by atoms with Gasteiger partial charge in [0.05, 0.1) is 5.60 Å². The van der Waals surface area contributed by atoms with E-state index in [1.54, 1.807) is 0 Å². The van der Waals surface area contributed by atoms with Crippen LogP contribution in [0.25, 0.3) is 0 Å². The van der Waals surface area contributed by atoms with Crippen LogP contribution in [0.1, 0.15) is 44.1 Å². The summed E-state index contributed by atoms with van der Waals surface area (Å²) >= 11 is 0. The predicted molar refractivity (Wildman–Crippen MR) is 75.2 cm³/mol. The predicted octanol–water partition coefficient (Wildman–Crippen LogP) is 2.62. The topological polar surface area (TPSA) is 41.5 Å². The van der Waals surface area contributed by atoms with Crippen LogP contribution in [0.5, 0.6) is 5.75 Å². The van der Waals surface area contributed by atoms with E-state index in [-0.39, 0.29) is 0 Å². The fourth-order valence-corrected chi connectivity index (χ4v) is 2.65. The van der Waals surface area contributed by atoms with Crippen LogP contribution in [0.3, 0.4) is 0 Å². The summed E-state index contributed by atoms with van der Waals surface area (Å²) in [7, 11) is 0. The third-order valence-electron chi connectivity index (χ3n) is 4.14. The second kappa shape index (κ2) is 5.51. The van der Waals surface area contributed by atoms with Crippen molar-refractivity contribution in [3.05, 3.63) is 29.8 Å². The Morgan fingerprint density at radius 1 is 1.16 bits per heavy atom. The summed E-state index contributed by atoms with van der Waals surface area (Å²) in [6.45, 7) is 1.36. The first-order valence-electron chi connectivity index (χ1n) is 7.41. The largest absolute Gasteiger partial charge is 0.491 e. The Morgan fingerprint density at radius 3 is 2.47 bits per heavy atom. The summed E-state index contributed by atoms with van der Waals surface area (Å²) in [5, 5.41) is 13.7. The van der Waals surface area contributed by atoms with Gasteiger partial charge in [-0.1, -0.05) is 25.0 Å². The normalized spacial score (nSPS) is 21.5. The summed E-state index contributed by atoms with van der Waals surface area (Å²) < 4.78 is 5.72. The summed E-state index contributed by atoms with van der Waals surface area (Å²) in [6.07, 6.45) is 6.61. The molecule has 2 saturated carbocycles. The highest BCUT2D eigenvalue weighted by atomic mass is 16.5. The standard InChI is InChI=1S/C16H23NO2/c18-16(9-1-2-10-16)12-19-15-7-3-13(4-8-15)11-17-14-5-6-14/h3-4,7-8,14,17-18H,1-2,5-6,9-12H2. The van der Waals surface area contributed by atoms with Crippen molar-refractivity contribution in [1.29, 1.82) is 0 Å². The molecule has 3 nitrogen and oxygen atoms in total. The molecule has 3 heteroatoms. The third kappa shape index (κ3) is 3.71. The fraction of sp³-hybridized carbons (Fsp3) is 0.625. The first-order chi connectivity index (χ1) is 9.23. The first-order valence-corrected chi connectivity index (χ1v) is 7.41. The van der Waals surface area contributed by atoms with Crippen LogP contribution in [-0.2, 0) is 6.54 Å². The minimum atomic E-state index is -0.591. The van der Waals surface area contributed by atoms with Crippen molar-refractivity contribution in [2.24, 2.45) is 0 Å². The number of ether oxygens (including phenoxy) is 1. The molecule has 0 bridgehead atoms. The Balaban J connectivity index is 1.47. The number of nitrogens with one attached hydrogen (secondary N) is 1. The number of rotatable bonds is 6. The van der Waals surface area contributed by atoms with Crippen molar-refractivity contribution in [1.82, 2.24) is 5.32 Å².